The average Bonchev–Trinajstić information content (AvgIpc) is 2.34. The SMILES string of the molecule is CCN(CC)CCc1nc(C)c(I)c(NC)n1. The highest BCUT2D eigenvalue weighted by atomic mass is 127. The van der Waals surface area contributed by atoms with Crippen LogP contribution in [0.1, 0.15) is 25.4 Å². The summed E-state index contributed by atoms with van der Waals surface area (Å²) in [6, 6.07) is 0. The molecule has 0 unspecified atom stereocenters. The third-order valence-corrected chi connectivity index (χ3v) is 4.14. The first-order valence-corrected chi connectivity index (χ1v) is 7.13. The molecule has 17 heavy (non-hydrogen) atoms. The summed E-state index contributed by atoms with van der Waals surface area (Å²) in [5.41, 5.74) is 1.06. The van der Waals surface area contributed by atoms with Gasteiger partial charge in [0, 0.05) is 20.0 Å². The molecule has 0 saturated heterocycles. The van der Waals surface area contributed by atoms with E-state index >= 15 is 0 Å². The summed E-state index contributed by atoms with van der Waals surface area (Å²) in [7, 11) is 1.90. The summed E-state index contributed by atoms with van der Waals surface area (Å²) < 4.78 is 1.11. The van der Waals surface area contributed by atoms with Crippen molar-refractivity contribution in [3.05, 3.63) is 15.1 Å². The molecular formula is C12H21IN4. The summed E-state index contributed by atoms with van der Waals surface area (Å²) in [4.78, 5) is 11.5. The summed E-state index contributed by atoms with van der Waals surface area (Å²) >= 11 is 2.28. The number of aryl methyl sites for hydroxylation is 1. The van der Waals surface area contributed by atoms with Crippen LogP contribution in [0.25, 0.3) is 0 Å². The second kappa shape index (κ2) is 7.10. The summed E-state index contributed by atoms with van der Waals surface area (Å²) in [5.74, 6) is 1.87. The molecular weight excluding hydrogens is 327 g/mol. The second-order valence-corrected chi connectivity index (χ2v) is 4.99. The number of halogens is 1. The quantitative estimate of drug-likeness (QED) is 0.801. The Hall–Kier alpha value is -0.430. The molecule has 0 saturated carbocycles. The predicted octanol–water partition coefficient (Wildman–Crippen LogP) is 2.32. The zero-order valence-electron chi connectivity index (χ0n) is 11.0. The maximum absolute atomic E-state index is 4.54. The molecule has 0 aromatic carbocycles. The number of anilines is 1. The Morgan fingerprint density at radius 3 is 2.41 bits per heavy atom. The van der Waals surface area contributed by atoms with Crippen molar-refractivity contribution in [2.75, 3.05) is 32.0 Å². The van der Waals surface area contributed by atoms with Gasteiger partial charge < -0.3 is 10.2 Å². The first-order valence-electron chi connectivity index (χ1n) is 6.05. The lowest BCUT2D eigenvalue weighted by molar-refractivity contribution is 0.305. The lowest BCUT2D eigenvalue weighted by Crippen LogP contribution is -2.26. The lowest BCUT2D eigenvalue weighted by Gasteiger charge is -2.17. The van der Waals surface area contributed by atoms with E-state index in [1.807, 2.05) is 14.0 Å². The van der Waals surface area contributed by atoms with Gasteiger partial charge in [-0.25, -0.2) is 9.97 Å². The van der Waals surface area contributed by atoms with Crippen LogP contribution < -0.4 is 5.32 Å². The molecule has 0 aliphatic heterocycles. The van der Waals surface area contributed by atoms with E-state index in [-0.39, 0.29) is 0 Å². The maximum Gasteiger partial charge on any atom is 0.143 e. The fraction of sp³-hybridized carbons (Fsp3) is 0.667. The predicted molar refractivity (Wildman–Crippen MR) is 80.5 cm³/mol. The van der Waals surface area contributed by atoms with Crippen LogP contribution in [-0.4, -0.2) is 41.5 Å². The molecule has 0 radical (unpaired) electrons. The van der Waals surface area contributed by atoms with Crippen LogP contribution in [0, 0.1) is 10.5 Å². The van der Waals surface area contributed by atoms with Crippen LogP contribution in [0.2, 0.25) is 0 Å². The van der Waals surface area contributed by atoms with E-state index in [4.69, 9.17) is 0 Å². The van der Waals surface area contributed by atoms with E-state index in [9.17, 15) is 0 Å². The van der Waals surface area contributed by atoms with Crippen LogP contribution >= 0.6 is 22.6 Å². The third kappa shape index (κ3) is 4.06. The fourth-order valence-corrected chi connectivity index (χ4v) is 2.20. The van der Waals surface area contributed by atoms with Crippen molar-refractivity contribution in [1.29, 1.82) is 0 Å². The molecule has 1 rings (SSSR count). The van der Waals surface area contributed by atoms with Crippen LogP contribution in [0.3, 0.4) is 0 Å². The normalized spacial score (nSPS) is 10.9. The highest BCUT2D eigenvalue weighted by molar-refractivity contribution is 14.1. The van der Waals surface area contributed by atoms with Crippen molar-refractivity contribution in [1.82, 2.24) is 14.9 Å². The minimum Gasteiger partial charge on any atom is -0.372 e. The summed E-state index contributed by atoms with van der Waals surface area (Å²) in [6.07, 6.45) is 0.911. The standard InChI is InChI=1S/C12H21IN4/c1-5-17(6-2)8-7-10-15-9(3)11(13)12(14-4)16-10/h5-8H2,1-4H3,(H,14,15,16). The van der Waals surface area contributed by atoms with Crippen molar-refractivity contribution in [2.24, 2.45) is 0 Å². The zero-order valence-corrected chi connectivity index (χ0v) is 13.2. The summed E-state index contributed by atoms with van der Waals surface area (Å²) in [5, 5.41) is 3.12. The van der Waals surface area contributed by atoms with Crippen LogP contribution in [0.4, 0.5) is 5.82 Å². The first kappa shape index (κ1) is 14.6. The molecule has 5 heteroatoms. The van der Waals surface area contributed by atoms with Gasteiger partial charge in [0.25, 0.3) is 0 Å². The van der Waals surface area contributed by atoms with E-state index in [0.29, 0.717) is 0 Å². The van der Waals surface area contributed by atoms with E-state index in [1.165, 1.54) is 0 Å². The molecule has 1 heterocycles. The Balaban J connectivity index is 2.75. The minimum atomic E-state index is 0.911. The van der Waals surface area contributed by atoms with Crippen LogP contribution in [0.5, 0.6) is 0 Å². The molecule has 96 valence electrons. The minimum absolute atomic E-state index is 0.911. The number of hydrogen-bond acceptors (Lipinski definition) is 4. The molecule has 0 amide bonds. The Morgan fingerprint density at radius 1 is 1.24 bits per heavy atom. The zero-order chi connectivity index (χ0) is 12.8. The number of nitrogens with zero attached hydrogens (tertiary/aromatic N) is 3. The average molecular weight is 348 g/mol. The van der Waals surface area contributed by atoms with Crippen molar-refractivity contribution in [2.45, 2.75) is 27.2 Å². The highest BCUT2D eigenvalue weighted by Gasteiger charge is 2.08. The van der Waals surface area contributed by atoms with Crippen molar-refractivity contribution >= 4 is 28.4 Å². The maximum atomic E-state index is 4.54. The lowest BCUT2D eigenvalue weighted by atomic mass is 10.3. The third-order valence-electron chi connectivity index (χ3n) is 2.85. The fourth-order valence-electron chi connectivity index (χ4n) is 1.69. The Bertz CT molecular complexity index is 364. The number of likely N-dealkylation sites (N-methyl/N-ethyl adjacent to an activating group) is 1. The number of rotatable bonds is 6. The van der Waals surface area contributed by atoms with Gasteiger partial charge in [-0.15, -0.1) is 0 Å². The van der Waals surface area contributed by atoms with Gasteiger partial charge in [-0.2, -0.15) is 0 Å². The Morgan fingerprint density at radius 2 is 1.88 bits per heavy atom. The molecule has 1 aromatic heterocycles. The van der Waals surface area contributed by atoms with Gasteiger partial charge in [-0.3, -0.25) is 0 Å². The molecule has 0 aliphatic carbocycles. The van der Waals surface area contributed by atoms with Crippen LogP contribution in [-0.2, 0) is 6.42 Å². The van der Waals surface area contributed by atoms with Gasteiger partial charge in [0.05, 0.1) is 9.26 Å². The van der Waals surface area contributed by atoms with E-state index in [1.54, 1.807) is 0 Å². The number of aromatic nitrogens is 2. The smallest absolute Gasteiger partial charge is 0.143 e. The monoisotopic (exact) mass is 348 g/mol. The molecule has 0 spiro atoms. The van der Waals surface area contributed by atoms with Gasteiger partial charge >= 0.3 is 0 Å². The molecule has 1 aromatic rings. The van der Waals surface area contributed by atoms with Crippen molar-refractivity contribution in [3.63, 3.8) is 0 Å². The Kier molecular flexibility index (Phi) is 6.11. The van der Waals surface area contributed by atoms with Crippen molar-refractivity contribution < 1.29 is 0 Å². The molecule has 4 nitrogen and oxygen atoms in total. The number of hydrogen-bond donors (Lipinski definition) is 1. The van der Waals surface area contributed by atoms with Gasteiger partial charge in [-0.1, -0.05) is 13.8 Å². The van der Waals surface area contributed by atoms with Gasteiger partial charge in [-0.05, 0) is 42.6 Å². The second-order valence-electron chi connectivity index (χ2n) is 3.91. The molecule has 0 bridgehead atoms. The first-order chi connectivity index (χ1) is 8.12. The van der Waals surface area contributed by atoms with E-state index in [0.717, 1.165) is 47.0 Å². The van der Waals surface area contributed by atoms with E-state index in [2.05, 4.69) is 56.6 Å². The van der Waals surface area contributed by atoms with Crippen molar-refractivity contribution in [3.8, 4) is 0 Å². The molecule has 1 N–H and O–H groups in total. The molecule has 0 fully saturated rings. The van der Waals surface area contributed by atoms with Gasteiger partial charge in [0.15, 0.2) is 0 Å². The number of nitrogens with one attached hydrogen (secondary N) is 1. The van der Waals surface area contributed by atoms with Gasteiger partial charge in [0.2, 0.25) is 0 Å². The summed E-state index contributed by atoms with van der Waals surface area (Å²) in [6.45, 7) is 9.59. The largest absolute Gasteiger partial charge is 0.372 e. The Labute approximate surface area is 117 Å². The topological polar surface area (TPSA) is 41.1 Å². The van der Waals surface area contributed by atoms with E-state index < -0.39 is 0 Å². The van der Waals surface area contributed by atoms with Gasteiger partial charge in [0.1, 0.15) is 11.6 Å². The highest BCUT2D eigenvalue weighted by Crippen LogP contribution is 2.18. The van der Waals surface area contributed by atoms with Crippen LogP contribution in [0.15, 0.2) is 0 Å². The molecule has 0 aliphatic rings. The molecule has 0 atom stereocenters.